The van der Waals surface area contributed by atoms with Gasteiger partial charge in [0.05, 0.1) is 0 Å². The lowest BCUT2D eigenvalue weighted by Gasteiger charge is -1.93. The van der Waals surface area contributed by atoms with Crippen molar-refractivity contribution in [2.24, 2.45) is 0 Å². The third-order valence-electron chi connectivity index (χ3n) is 0.827. The quantitative estimate of drug-likeness (QED) is 0.576. The van der Waals surface area contributed by atoms with Crippen molar-refractivity contribution in [1.29, 1.82) is 0 Å². The number of nitrogens with one attached hydrogen (secondary N) is 1. The van der Waals surface area contributed by atoms with Crippen molar-refractivity contribution in [1.82, 2.24) is 5.32 Å². The summed E-state index contributed by atoms with van der Waals surface area (Å²) in [4.78, 5) is 0. The van der Waals surface area contributed by atoms with E-state index in [0.29, 0.717) is 0 Å². The van der Waals surface area contributed by atoms with Crippen LogP contribution in [-0.4, -0.2) is 13.1 Å². The van der Waals surface area contributed by atoms with Crippen LogP contribution in [0.4, 0.5) is 0 Å². The number of hydrogen-bond acceptors (Lipinski definition) is 1. The molecule has 0 heterocycles. The predicted octanol–water partition coefficient (Wildman–Crippen LogP) is 1.74. The smallest absolute Gasteiger partial charge is 0.000293 e. The van der Waals surface area contributed by atoms with E-state index in [4.69, 9.17) is 11.6 Å². The van der Waals surface area contributed by atoms with Gasteiger partial charge in [-0.2, -0.15) is 0 Å². The van der Waals surface area contributed by atoms with Gasteiger partial charge in [0.1, 0.15) is 0 Å². The highest BCUT2D eigenvalue weighted by atomic mass is 35.5. The predicted molar refractivity (Wildman–Crippen MR) is 38.2 cm³/mol. The number of halogens is 1. The van der Waals surface area contributed by atoms with Crippen molar-refractivity contribution in [3.8, 4) is 0 Å². The van der Waals surface area contributed by atoms with Gasteiger partial charge < -0.3 is 5.32 Å². The van der Waals surface area contributed by atoms with Crippen LogP contribution < -0.4 is 5.32 Å². The van der Waals surface area contributed by atoms with Gasteiger partial charge in [-0.25, -0.2) is 0 Å². The summed E-state index contributed by atoms with van der Waals surface area (Å²) in [6.07, 6.45) is 2.96. The molecule has 0 radical (unpaired) electrons. The molecule has 0 aliphatic carbocycles. The van der Waals surface area contributed by atoms with E-state index in [9.17, 15) is 0 Å². The lowest BCUT2D eigenvalue weighted by atomic mass is 10.4. The van der Waals surface area contributed by atoms with Gasteiger partial charge in [0, 0.05) is 5.54 Å². The molecule has 48 valence electrons. The normalized spacial score (nSPS) is 10.8. The summed E-state index contributed by atoms with van der Waals surface area (Å²) in [7, 11) is 0. The second-order valence-electron chi connectivity index (χ2n) is 1.50. The van der Waals surface area contributed by atoms with Gasteiger partial charge in [0.2, 0.25) is 0 Å². The van der Waals surface area contributed by atoms with Gasteiger partial charge in [-0.3, -0.25) is 0 Å². The number of hydrogen-bond donors (Lipinski definition) is 1. The molecule has 0 unspecified atom stereocenters. The van der Waals surface area contributed by atoms with E-state index >= 15 is 0 Å². The SMILES string of the molecule is CCNCC/C=C/Cl. The average Bonchev–Trinajstić information content (AvgIpc) is 1.81. The van der Waals surface area contributed by atoms with Crippen LogP contribution in [0, 0.1) is 0 Å². The zero-order chi connectivity index (χ0) is 6.24. The summed E-state index contributed by atoms with van der Waals surface area (Å²) >= 11 is 5.27. The average molecular weight is 134 g/mol. The summed E-state index contributed by atoms with van der Waals surface area (Å²) in [6.45, 7) is 4.15. The van der Waals surface area contributed by atoms with E-state index in [1.165, 1.54) is 0 Å². The Labute approximate surface area is 55.7 Å². The van der Waals surface area contributed by atoms with Gasteiger partial charge in [-0.05, 0) is 19.5 Å². The van der Waals surface area contributed by atoms with E-state index in [0.717, 1.165) is 19.5 Å². The Morgan fingerprint density at radius 2 is 2.38 bits per heavy atom. The lowest BCUT2D eigenvalue weighted by molar-refractivity contribution is 0.727. The highest BCUT2D eigenvalue weighted by molar-refractivity contribution is 6.25. The minimum absolute atomic E-state index is 1.03. The van der Waals surface area contributed by atoms with Gasteiger partial charge in [0.25, 0.3) is 0 Å². The third-order valence-corrected chi connectivity index (χ3v) is 1.01. The van der Waals surface area contributed by atoms with Crippen molar-refractivity contribution in [2.75, 3.05) is 13.1 Å². The first kappa shape index (κ1) is 7.99. The first-order chi connectivity index (χ1) is 3.91. The van der Waals surface area contributed by atoms with Crippen LogP contribution in [0.5, 0.6) is 0 Å². The molecule has 0 aromatic heterocycles. The third kappa shape index (κ3) is 5.99. The fraction of sp³-hybridized carbons (Fsp3) is 0.667. The molecule has 0 atom stereocenters. The van der Waals surface area contributed by atoms with Gasteiger partial charge in [-0.15, -0.1) is 0 Å². The molecule has 0 aliphatic rings. The monoisotopic (exact) mass is 133 g/mol. The zero-order valence-corrected chi connectivity index (χ0v) is 5.91. The van der Waals surface area contributed by atoms with Crippen LogP contribution in [0.2, 0.25) is 0 Å². The second kappa shape index (κ2) is 6.99. The van der Waals surface area contributed by atoms with Crippen LogP contribution in [0.15, 0.2) is 11.6 Å². The van der Waals surface area contributed by atoms with E-state index in [1.807, 2.05) is 6.08 Å². The van der Waals surface area contributed by atoms with Crippen LogP contribution in [0.25, 0.3) is 0 Å². The minimum atomic E-state index is 1.03. The molecule has 0 aromatic rings. The van der Waals surface area contributed by atoms with Crippen LogP contribution >= 0.6 is 11.6 Å². The first-order valence-corrected chi connectivity index (χ1v) is 3.31. The van der Waals surface area contributed by atoms with Crippen LogP contribution in [-0.2, 0) is 0 Å². The Hall–Kier alpha value is -0.0100. The Balaban J connectivity index is 2.72. The highest BCUT2D eigenvalue weighted by Gasteiger charge is 1.75. The summed E-state index contributed by atoms with van der Waals surface area (Å²) in [5.74, 6) is 0. The molecule has 0 rings (SSSR count). The van der Waals surface area contributed by atoms with Crippen molar-refractivity contribution < 1.29 is 0 Å². The summed E-state index contributed by atoms with van der Waals surface area (Å²) in [5.41, 5.74) is 1.55. The van der Waals surface area contributed by atoms with Crippen LogP contribution in [0.1, 0.15) is 13.3 Å². The van der Waals surface area contributed by atoms with Gasteiger partial charge in [-0.1, -0.05) is 24.6 Å². The molecule has 0 saturated carbocycles. The molecule has 0 amide bonds. The van der Waals surface area contributed by atoms with Crippen molar-refractivity contribution >= 4 is 11.6 Å². The molecule has 0 bridgehead atoms. The van der Waals surface area contributed by atoms with E-state index < -0.39 is 0 Å². The molecule has 8 heavy (non-hydrogen) atoms. The molecule has 1 nitrogen and oxygen atoms in total. The summed E-state index contributed by atoms with van der Waals surface area (Å²) < 4.78 is 0. The van der Waals surface area contributed by atoms with E-state index in [2.05, 4.69) is 12.2 Å². The van der Waals surface area contributed by atoms with Crippen molar-refractivity contribution in [3.63, 3.8) is 0 Å². The Bertz CT molecular complexity index is 61.5. The topological polar surface area (TPSA) is 12.0 Å². The van der Waals surface area contributed by atoms with E-state index in [-0.39, 0.29) is 0 Å². The van der Waals surface area contributed by atoms with Gasteiger partial charge in [0.15, 0.2) is 0 Å². The lowest BCUT2D eigenvalue weighted by Crippen LogP contribution is -2.12. The maximum absolute atomic E-state index is 5.27. The molecule has 1 N–H and O–H groups in total. The maximum atomic E-state index is 5.27. The molecule has 0 fully saturated rings. The zero-order valence-electron chi connectivity index (χ0n) is 5.15. The molecule has 0 spiro atoms. The van der Waals surface area contributed by atoms with Crippen molar-refractivity contribution in [3.05, 3.63) is 11.6 Å². The Kier molecular flexibility index (Phi) is 6.98. The molecule has 2 heteroatoms. The molecule has 0 aliphatic heterocycles. The molecule has 0 aromatic carbocycles. The minimum Gasteiger partial charge on any atom is -0.317 e. The maximum Gasteiger partial charge on any atom is 0.000293 e. The van der Waals surface area contributed by atoms with Gasteiger partial charge >= 0.3 is 0 Å². The standard InChI is InChI=1S/C6H12ClN/c1-2-8-6-4-3-5-7/h3,5,8H,2,4,6H2,1H3/b5-3+. The molecule has 0 saturated heterocycles. The van der Waals surface area contributed by atoms with E-state index in [1.54, 1.807) is 5.54 Å². The first-order valence-electron chi connectivity index (χ1n) is 2.87. The fourth-order valence-corrected chi connectivity index (χ4v) is 0.551. The summed E-state index contributed by atoms with van der Waals surface area (Å²) in [5, 5.41) is 3.17. The number of rotatable bonds is 4. The Morgan fingerprint density at radius 3 is 2.88 bits per heavy atom. The van der Waals surface area contributed by atoms with Crippen molar-refractivity contribution in [2.45, 2.75) is 13.3 Å². The molecular weight excluding hydrogens is 122 g/mol. The van der Waals surface area contributed by atoms with Crippen LogP contribution in [0.3, 0.4) is 0 Å². The highest BCUT2D eigenvalue weighted by Crippen LogP contribution is 1.82. The summed E-state index contributed by atoms with van der Waals surface area (Å²) in [6, 6.07) is 0. The second-order valence-corrected chi connectivity index (χ2v) is 1.76. The fourth-order valence-electron chi connectivity index (χ4n) is 0.425. The Morgan fingerprint density at radius 1 is 1.62 bits per heavy atom. The molecular formula is C6H12ClN. The largest absolute Gasteiger partial charge is 0.317 e.